The van der Waals surface area contributed by atoms with Crippen molar-refractivity contribution in [1.29, 1.82) is 0 Å². The Bertz CT molecular complexity index is 478. The minimum Gasteiger partial charge on any atom is -0.453 e. The van der Waals surface area contributed by atoms with Crippen LogP contribution in [-0.4, -0.2) is 16.1 Å². The van der Waals surface area contributed by atoms with Crippen molar-refractivity contribution in [3.8, 4) is 0 Å². The third-order valence-electron chi connectivity index (χ3n) is 2.74. The summed E-state index contributed by atoms with van der Waals surface area (Å²) in [4.78, 5) is 4.28. The molecule has 0 spiro atoms. The van der Waals surface area contributed by atoms with Gasteiger partial charge in [0.15, 0.2) is 4.67 Å². The van der Waals surface area contributed by atoms with Crippen molar-refractivity contribution < 1.29 is 4.42 Å². The molecule has 2 heterocycles. The zero-order chi connectivity index (χ0) is 12.3. The van der Waals surface area contributed by atoms with Crippen LogP contribution in [0.2, 0.25) is 0 Å². The smallest absolute Gasteiger partial charge is 0.169 e. The molecule has 0 fully saturated rings. The Hall–Kier alpha value is -1.07. The first-order valence-electron chi connectivity index (χ1n) is 5.61. The summed E-state index contributed by atoms with van der Waals surface area (Å²) in [5.74, 6) is 2.03. The van der Waals surface area contributed by atoms with Gasteiger partial charge >= 0.3 is 0 Å². The molecule has 0 aliphatic carbocycles. The number of furan rings is 1. The minimum atomic E-state index is 0.210. The van der Waals surface area contributed by atoms with Crippen molar-refractivity contribution in [2.24, 2.45) is 7.05 Å². The molecule has 5 heteroatoms. The number of hydrogen-bond donors (Lipinski definition) is 1. The summed E-state index contributed by atoms with van der Waals surface area (Å²) in [6.45, 7) is 2.97. The van der Waals surface area contributed by atoms with Gasteiger partial charge in [-0.25, -0.2) is 4.98 Å². The van der Waals surface area contributed by atoms with Crippen molar-refractivity contribution >= 4 is 15.9 Å². The lowest BCUT2D eigenvalue weighted by Gasteiger charge is -2.10. The molecule has 0 aromatic carbocycles. The first-order valence-corrected chi connectivity index (χ1v) is 6.41. The minimum absolute atomic E-state index is 0.210. The van der Waals surface area contributed by atoms with Crippen LogP contribution >= 0.6 is 15.9 Å². The maximum absolute atomic E-state index is 5.49. The maximum atomic E-state index is 5.49. The highest BCUT2D eigenvalue weighted by atomic mass is 79.9. The van der Waals surface area contributed by atoms with E-state index in [2.05, 4.69) is 33.2 Å². The second-order valence-electron chi connectivity index (χ2n) is 4.02. The van der Waals surface area contributed by atoms with Gasteiger partial charge in [0.1, 0.15) is 11.6 Å². The molecular weight excluding hydrogens is 282 g/mol. The van der Waals surface area contributed by atoms with Gasteiger partial charge in [-0.2, -0.15) is 0 Å². The number of aryl methyl sites for hydroxylation is 1. The topological polar surface area (TPSA) is 43.0 Å². The molecule has 0 amide bonds. The van der Waals surface area contributed by atoms with Crippen LogP contribution in [0, 0.1) is 0 Å². The predicted molar refractivity (Wildman–Crippen MR) is 69.7 cm³/mol. The van der Waals surface area contributed by atoms with Crippen LogP contribution < -0.4 is 5.32 Å². The highest BCUT2D eigenvalue weighted by Crippen LogP contribution is 2.19. The number of hydrogen-bond acceptors (Lipinski definition) is 3. The average Bonchev–Trinajstić information content (AvgIpc) is 2.88. The van der Waals surface area contributed by atoms with Crippen LogP contribution in [0.3, 0.4) is 0 Å². The molecule has 1 atom stereocenters. The van der Waals surface area contributed by atoms with Crippen LogP contribution in [0.1, 0.15) is 24.6 Å². The first kappa shape index (κ1) is 12.4. The molecule has 0 saturated heterocycles. The van der Waals surface area contributed by atoms with E-state index in [0.717, 1.165) is 29.2 Å². The standard InChI is InChI=1S/C12H16BrN3O/c1-9(10-3-4-11(13)17-10)14-6-5-12-15-7-8-16(12)2/h3-4,7-9,14H,5-6H2,1-2H3. The molecule has 2 aromatic rings. The quantitative estimate of drug-likeness (QED) is 0.923. The second kappa shape index (κ2) is 5.51. The van der Waals surface area contributed by atoms with Gasteiger partial charge in [-0.15, -0.1) is 0 Å². The lowest BCUT2D eigenvalue weighted by Crippen LogP contribution is -2.21. The van der Waals surface area contributed by atoms with Gasteiger partial charge in [-0.3, -0.25) is 0 Å². The van der Waals surface area contributed by atoms with Gasteiger partial charge in [-0.1, -0.05) is 0 Å². The van der Waals surface area contributed by atoms with Crippen molar-refractivity contribution in [2.45, 2.75) is 19.4 Å². The van der Waals surface area contributed by atoms with E-state index < -0.39 is 0 Å². The number of aromatic nitrogens is 2. The fourth-order valence-corrected chi connectivity index (χ4v) is 2.02. The molecule has 0 bridgehead atoms. The van der Waals surface area contributed by atoms with Crippen LogP contribution in [-0.2, 0) is 13.5 Å². The summed E-state index contributed by atoms with van der Waals surface area (Å²) in [7, 11) is 2.01. The molecular formula is C12H16BrN3O. The molecule has 0 aliphatic heterocycles. The third kappa shape index (κ3) is 3.20. The van der Waals surface area contributed by atoms with Crippen LogP contribution in [0.5, 0.6) is 0 Å². The lowest BCUT2D eigenvalue weighted by atomic mass is 10.2. The van der Waals surface area contributed by atoms with Gasteiger partial charge in [-0.05, 0) is 35.0 Å². The normalized spacial score (nSPS) is 12.9. The number of imidazole rings is 1. The Kier molecular flexibility index (Phi) is 4.02. The van der Waals surface area contributed by atoms with E-state index >= 15 is 0 Å². The number of rotatable bonds is 5. The average molecular weight is 298 g/mol. The highest BCUT2D eigenvalue weighted by molar-refractivity contribution is 9.10. The van der Waals surface area contributed by atoms with Gasteiger partial charge in [0.05, 0.1) is 6.04 Å². The van der Waals surface area contributed by atoms with E-state index in [1.165, 1.54) is 0 Å². The Morgan fingerprint density at radius 2 is 2.35 bits per heavy atom. The summed E-state index contributed by atoms with van der Waals surface area (Å²) in [6.07, 6.45) is 4.69. The van der Waals surface area contributed by atoms with E-state index in [4.69, 9.17) is 4.42 Å². The van der Waals surface area contributed by atoms with Crippen molar-refractivity contribution in [2.75, 3.05) is 6.54 Å². The lowest BCUT2D eigenvalue weighted by molar-refractivity contribution is 0.418. The molecule has 2 rings (SSSR count). The van der Waals surface area contributed by atoms with Crippen molar-refractivity contribution in [3.63, 3.8) is 0 Å². The van der Waals surface area contributed by atoms with Crippen molar-refractivity contribution in [1.82, 2.24) is 14.9 Å². The number of halogens is 1. The fourth-order valence-electron chi connectivity index (χ4n) is 1.70. The summed E-state index contributed by atoms with van der Waals surface area (Å²) in [5.41, 5.74) is 0. The summed E-state index contributed by atoms with van der Waals surface area (Å²) < 4.78 is 8.30. The maximum Gasteiger partial charge on any atom is 0.169 e. The largest absolute Gasteiger partial charge is 0.453 e. The molecule has 92 valence electrons. The molecule has 17 heavy (non-hydrogen) atoms. The summed E-state index contributed by atoms with van der Waals surface area (Å²) in [6, 6.07) is 4.09. The van der Waals surface area contributed by atoms with E-state index in [9.17, 15) is 0 Å². The molecule has 4 nitrogen and oxygen atoms in total. The first-order chi connectivity index (χ1) is 8.16. The number of nitrogens with zero attached hydrogens (tertiary/aromatic N) is 2. The summed E-state index contributed by atoms with van der Waals surface area (Å²) >= 11 is 3.30. The van der Waals surface area contributed by atoms with Gasteiger partial charge in [0.25, 0.3) is 0 Å². The third-order valence-corrected chi connectivity index (χ3v) is 3.17. The molecule has 0 aliphatic rings. The van der Waals surface area contributed by atoms with Crippen LogP contribution in [0.4, 0.5) is 0 Å². The highest BCUT2D eigenvalue weighted by Gasteiger charge is 2.09. The second-order valence-corrected chi connectivity index (χ2v) is 4.80. The Balaban J connectivity index is 1.81. The fraction of sp³-hybridized carbons (Fsp3) is 0.417. The van der Waals surface area contributed by atoms with Gasteiger partial charge in [0, 0.05) is 32.4 Å². The SMILES string of the molecule is CC(NCCc1nccn1C)c1ccc(Br)o1. The predicted octanol–water partition coefficient (Wildman–Crippen LogP) is 2.67. The Morgan fingerprint density at radius 3 is 2.94 bits per heavy atom. The van der Waals surface area contributed by atoms with E-state index in [-0.39, 0.29) is 6.04 Å². The molecule has 2 aromatic heterocycles. The van der Waals surface area contributed by atoms with Crippen LogP contribution in [0.25, 0.3) is 0 Å². The molecule has 0 radical (unpaired) electrons. The van der Waals surface area contributed by atoms with Gasteiger partial charge < -0.3 is 14.3 Å². The number of nitrogens with one attached hydrogen (secondary N) is 1. The van der Waals surface area contributed by atoms with E-state index in [1.807, 2.05) is 36.1 Å². The van der Waals surface area contributed by atoms with Crippen molar-refractivity contribution in [3.05, 3.63) is 40.8 Å². The van der Waals surface area contributed by atoms with E-state index in [0.29, 0.717) is 0 Å². The Labute approximate surface area is 109 Å². The van der Waals surface area contributed by atoms with Crippen LogP contribution in [0.15, 0.2) is 33.6 Å². The molecule has 0 saturated carbocycles. The monoisotopic (exact) mass is 297 g/mol. The zero-order valence-electron chi connectivity index (χ0n) is 9.98. The Morgan fingerprint density at radius 1 is 1.53 bits per heavy atom. The van der Waals surface area contributed by atoms with Gasteiger partial charge in [0.2, 0.25) is 0 Å². The zero-order valence-corrected chi connectivity index (χ0v) is 11.6. The molecule has 1 N–H and O–H groups in total. The summed E-state index contributed by atoms with van der Waals surface area (Å²) in [5, 5.41) is 3.41. The van der Waals surface area contributed by atoms with E-state index in [1.54, 1.807) is 0 Å². The molecule has 1 unspecified atom stereocenters.